The lowest BCUT2D eigenvalue weighted by atomic mass is 10.3. The molecule has 0 radical (unpaired) electrons. The maximum Gasteiger partial charge on any atom is 0.272 e. The van der Waals surface area contributed by atoms with Gasteiger partial charge in [-0.2, -0.15) is 0 Å². The molecule has 20 heavy (non-hydrogen) atoms. The van der Waals surface area contributed by atoms with E-state index in [1.54, 1.807) is 18.5 Å². The van der Waals surface area contributed by atoms with Crippen molar-refractivity contribution < 1.29 is 4.79 Å². The van der Waals surface area contributed by atoms with Gasteiger partial charge in [-0.15, -0.1) is 0 Å². The summed E-state index contributed by atoms with van der Waals surface area (Å²) in [5.41, 5.74) is 2.18. The smallest absolute Gasteiger partial charge is 0.272 e. The summed E-state index contributed by atoms with van der Waals surface area (Å²) in [6, 6.07) is 3.54. The molecule has 0 fully saturated rings. The Bertz CT molecular complexity index is 639. The van der Waals surface area contributed by atoms with E-state index in [0.29, 0.717) is 16.4 Å². The molecule has 4 nitrogen and oxygen atoms in total. The molecule has 2 rings (SSSR count). The summed E-state index contributed by atoms with van der Waals surface area (Å²) in [5.74, 6) is -0.186. The van der Waals surface area contributed by atoms with Gasteiger partial charge >= 0.3 is 0 Å². The molecule has 1 amide bonds. The predicted molar refractivity (Wildman–Crippen MR) is 84.4 cm³/mol. The summed E-state index contributed by atoms with van der Waals surface area (Å²) in [6.07, 6.45) is 4.32. The summed E-state index contributed by atoms with van der Waals surface area (Å²) < 4.78 is 2.63. The van der Waals surface area contributed by atoms with E-state index < -0.39 is 0 Å². The highest BCUT2D eigenvalue weighted by atomic mass is 79.9. The molecule has 1 N–H and O–H groups in total. The third-order valence-electron chi connectivity index (χ3n) is 2.83. The minimum atomic E-state index is -0.186. The van der Waals surface area contributed by atoms with Crippen molar-refractivity contribution in [2.24, 2.45) is 0 Å². The van der Waals surface area contributed by atoms with Crippen LogP contribution in [0.25, 0.3) is 0 Å². The van der Waals surface area contributed by atoms with Gasteiger partial charge in [0.25, 0.3) is 5.91 Å². The van der Waals surface area contributed by atoms with E-state index in [4.69, 9.17) is 11.6 Å². The third-order valence-corrected chi connectivity index (χ3v) is 3.87. The number of hydrogen-bond acceptors (Lipinski definition) is 2. The molecule has 0 aromatic carbocycles. The van der Waals surface area contributed by atoms with E-state index in [1.807, 2.05) is 17.6 Å². The monoisotopic (exact) mass is 355 g/mol. The number of nitrogens with zero attached hydrogens (tertiary/aromatic N) is 2. The van der Waals surface area contributed by atoms with Crippen molar-refractivity contribution in [1.82, 2.24) is 9.55 Å². The summed E-state index contributed by atoms with van der Waals surface area (Å²) >= 11 is 9.31. The van der Waals surface area contributed by atoms with Crippen LogP contribution in [0.15, 0.2) is 29.1 Å². The molecule has 0 bridgehead atoms. The topological polar surface area (TPSA) is 46.9 Å². The lowest BCUT2D eigenvalue weighted by Gasteiger charge is -2.09. The van der Waals surface area contributed by atoms with Crippen LogP contribution in [-0.2, 0) is 6.54 Å². The van der Waals surface area contributed by atoms with Crippen LogP contribution in [0, 0.1) is 6.92 Å². The summed E-state index contributed by atoms with van der Waals surface area (Å²) in [5, 5.41) is 3.40. The van der Waals surface area contributed by atoms with E-state index in [2.05, 4.69) is 33.2 Å². The molecule has 0 saturated heterocycles. The van der Waals surface area contributed by atoms with Crippen LogP contribution in [0.3, 0.4) is 0 Å². The number of anilines is 1. The fraction of sp³-hybridized carbons (Fsp3) is 0.286. The molecule has 2 aromatic heterocycles. The maximum atomic E-state index is 12.3. The van der Waals surface area contributed by atoms with Gasteiger partial charge in [0, 0.05) is 12.7 Å². The Morgan fingerprint density at radius 1 is 1.50 bits per heavy atom. The number of amides is 1. The molecular weight excluding hydrogens is 342 g/mol. The molecule has 0 aliphatic rings. The summed E-state index contributed by atoms with van der Waals surface area (Å²) in [4.78, 5) is 16.4. The van der Waals surface area contributed by atoms with Crippen LogP contribution in [0.1, 0.15) is 29.4 Å². The number of nitrogens with one attached hydrogen (secondary N) is 1. The van der Waals surface area contributed by atoms with Gasteiger partial charge in [0.15, 0.2) is 0 Å². The van der Waals surface area contributed by atoms with Gasteiger partial charge in [-0.25, -0.2) is 4.98 Å². The van der Waals surface area contributed by atoms with Crippen molar-refractivity contribution in [3.05, 3.63) is 45.4 Å². The van der Waals surface area contributed by atoms with E-state index in [9.17, 15) is 4.79 Å². The highest BCUT2D eigenvalue weighted by Crippen LogP contribution is 2.19. The number of hydrogen-bond donors (Lipinski definition) is 1. The SMILES string of the molecule is CCCn1cc(Cl)cc1C(=O)Nc1cnc(Br)c(C)c1. The van der Waals surface area contributed by atoms with Crippen molar-refractivity contribution >= 4 is 39.1 Å². The Kier molecular flexibility index (Phi) is 4.83. The molecular formula is C14H15BrClN3O. The van der Waals surface area contributed by atoms with Gasteiger partial charge < -0.3 is 9.88 Å². The number of pyridine rings is 1. The fourth-order valence-electron chi connectivity index (χ4n) is 1.91. The molecule has 0 atom stereocenters. The molecule has 0 aliphatic carbocycles. The molecule has 2 heterocycles. The minimum absolute atomic E-state index is 0.186. The molecule has 0 spiro atoms. The van der Waals surface area contributed by atoms with Gasteiger partial charge in [0.05, 0.1) is 16.9 Å². The molecule has 0 saturated carbocycles. The van der Waals surface area contributed by atoms with Crippen LogP contribution < -0.4 is 5.32 Å². The first-order chi connectivity index (χ1) is 9.51. The van der Waals surface area contributed by atoms with Gasteiger partial charge in [-0.3, -0.25) is 4.79 Å². The Labute approximate surface area is 131 Å². The molecule has 0 unspecified atom stereocenters. The average Bonchev–Trinajstić information content (AvgIpc) is 2.75. The average molecular weight is 357 g/mol. The van der Waals surface area contributed by atoms with Gasteiger partial charge in [-0.05, 0) is 47.0 Å². The third kappa shape index (κ3) is 3.41. The van der Waals surface area contributed by atoms with Crippen molar-refractivity contribution in [1.29, 1.82) is 0 Å². The van der Waals surface area contributed by atoms with Gasteiger partial charge in [0.1, 0.15) is 10.3 Å². The lowest BCUT2D eigenvalue weighted by molar-refractivity contribution is 0.101. The lowest BCUT2D eigenvalue weighted by Crippen LogP contribution is -2.17. The standard InChI is InChI=1S/C14H15BrClN3O/c1-3-4-19-8-10(16)6-12(19)14(20)18-11-5-9(2)13(15)17-7-11/h5-8H,3-4H2,1-2H3,(H,18,20). The summed E-state index contributed by atoms with van der Waals surface area (Å²) in [7, 11) is 0. The molecule has 0 aliphatic heterocycles. The van der Waals surface area contributed by atoms with Crippen molar-refractivity contribution in [3.8, 4) is 0 Å². The molecule has 2 aromatic rings. The van der Waals surface area contributed by atoms with Crippen LogP contribution in [-0.4, -0.2) is 15.5 Å². The Balaban J connectivity index is 2.21. The number of rotatable bonds is 4. The van der Waals surface area contributed by atoms with Crippen molar-refractivity contribution in [2.75, 3.05) is 5.32 Å². The second kappa shape index (κ2) is 6.41. The Hall–Kier alpha value is -1.33. The number of aryl methyl sites for hydroxylation is 2. The number of halogens is 2. The van der Waals surface area contributed by atoms with E-state index >= 15 is 0 Å². The first-order valence-electron chi connectivity index (χ1n) is 6.30. The summed E-state index contributed by atoms with van der Waals surface area (Å²) in [6.45, 7) is 4.73. The Morgan fingerprint density at radius 3 is 2.90 bits per heavy atom. The Morgan fingerprint density at radius 2 is 2.25 bits per heavy atom. The van der Waals surface area contributed by atoms with Gasteiger partial charge in [-0.1, -0.05) is 18.5 Å². The van der Waals surface area contributed by atoms with Gasteiger partial charge in [0.2, 0.25) is 0 Å². The first kappa shape index (κ1) is 15.1. The minimum Gasteiger partial charge on any atom is -0.342 e. The van der Waals surface area contributed by atoms with Crippen LogP contribution in [0.5, 0.6) is 0 Å². The highest BCUT2D eigenvalue weighted by Gasteiger charge is 2.13. The zero-order chi connectivity index (χ0) is 14.7. The highest BCUT2D eigenvalue weighted by molar-refractivity contribution is 9.10. The van der Waals surface area contributed by atoms with Crippen LogP contribution >= 0.6 is 27.5 Å². The zero-order valence-corrected chi connectivity index (χ0v) is 13.6. The van der Waals surface area contributed by atoms with Crippen LogP contribution in [0.4, 0.5) is 5.69 Å². The maximum absolute atomic E-state index is 12.3. The second-order valence-electron chi connectivity index (χ2n) is 4.52. The molecule has 6 heteroatoms. The number of carbonyl (C=O) groups is 1. The second-order valence-corrected chi connectivity index (χ2v) is 5.71. The first-order valence-corrected chi connectivity index (χ1v) is 7.47. The normalized spacial score (nSPS) is 10.6. The van der Waals surface area contributed by atoms with E-state index in [0.717, 1.165) is 23.1 Å². The quantitative estimate of drug-likeness (QED) is 0.832. The molecule has 106 valence electrons. The fourth-order valence-corrected chi connectivity index (χ4v) is 2.35. The van der Waals surface area contributed by atoms with E-state index in [1.165, 1.54) is 0 Å². The van der Waals surface area contributed by atoms with Crippen molar-refractivity contribution in [2.45, 2.75) is 26.8 Å². The predicted octanol–water partition coefficient (Wildman–Crippen LogP) is 4.27. The van der Waals surface area contributed by atoms with E-state index in [-0.39, 0.29) is 5.91 Å². The number of carbonyl (C=O) groups excluding carboxylic acids is 1. The van der Waals surface area contributed by atoms with Crippen LogP contribution in [0.2, 0.25) is 5.02 Å². The largest absolute Gasteiger partial charge is 0.342 e. The number of aromatic nitrogens is 2. The zero-order valence-electron chi connectivity index (χ0n) is 11.3. The van der Waals surface area contributed by atoms with Crippen molar-refractivity contribution in [3.63, 3.8) is 0 Å².